The summed E-state index contributed by atoms with van der Waals surface area (Å²) in [4.78, 5) is 10.9. The third-order valence-corrected chi connectivity index (χ3v) is 3.13. The summed E-state index contributed by atoms with van der Waals surface area (Å²) in [6.07, 6.45) is 5.93. The maximum absolute atomic E-state index is 10.9. The fraction of sp³-hybridized carbons (Fsp3) is 0.889. The van der Waals surface area contributed by atoms with Crippen molar-refractivity contribution in [2.45, 2.75) is 44.1 Å². The molecule has 0 heterocycles. The monoisotopic (exact) mass is 153 g/mol. The molecule has 2 heteroatoms. The van der Waals surface area contributed by atoms with E-state index in [2.05, 4.69) is 0 Å². The number of carbonyl (C=O) groups is 1. The third-order valence-electron chi connectivity index (χ3n) is 3.13. The van der Waals surface area contributed by atoms with Crippen LogP contribution in [-0.4, -0.2) is 11.3 Å². The van der Waals surface area contributed by atoms with Crippen molar-refractivity contribution in [1.82, 2.24) is 0 Å². The van der Waals surface area contributed by atoms with Gasteiger partial charge in [0.2, 0.25) is 0 Å². The summed E-state index contributed by atoms with van der Waals surface area (Å²) in [5.41, 5.74) is 6.22. The van der Waals surface area contributed by atoms with Crippen molar-refractivity contribution in [2.24, 2.45) is 11.7 Å². The van der Waals surface area contributed by atoms with E-state index in [0.717, 1.165) is 31.6 Å². The summed E-state index contributed by atoms with van der Waals surface area (Å²) in [6, 6.07) is 0. The molecule has 62 valence electrons. The van der Waals surface area contributed by atoms with Crippen LogP contribution in [0.1, 0.15) is 38.5 Å². The highest BCUT2D eigenvalue weighted by Crippen LogP contribution is 2.44. The van der Waals surface area contributed by atoms with Gasteiger partial charge < -0.3 is 5.73 Å². The molecular weight excluding hydrogens is 138 g/mol. The van der Waals surface area contributed by atoms with E-state index < -0.39 is 0 Å². The van der Waals surface area contributed by atoms with Gasteiger partial charge in [-0.2, -0.15) is 0 Å². The van der Waals surface area contributed by atoms with Gasteiger partial charge in [-0.1, -0.05) is 0 Å². The van der Waals surface area contributed by atoms with Gasteiger partial charge in [0.1, 0.15) is 5.78 Å². The highest BCUT2D eigenvalue weighted by molar-refractivity contribution is 5.79. The third kappa shape index (κ3) is 1.32. The first-order valence-corrected chi connectivity index (χ1v) is 4.51. The van der Waals surface area contributed by atoms with Gasteiger partial charge >= 0.3 is 0 Å². The quantitative estimate of drug-likeness (QED) is 0.615. The van der Waals surface area contributed by atoms with Crippen LogP contribution in [0.25, 0.3) is 0 Å². The Hall–Kier alpha value is -0.370. The molecule has 2 aliphatic rings. The van der Waals surface area contributed by atoms with E-state index in [1.165, 1.54) is 12.8 Å². The lowest BCUT2D eigenvalue weighted by atomic mass is 9.78. The molecule has 0 aromatic rings. The van der Waals surface area contributed by atoms with Gasteiger partial charge in [0.05, 0.1) is 0 Å². The zero-order valence-corrected chi connectivity index (χ0v) is 6.81. The van der Waals surface area contributed by atoms with E-state index in [0.29, 0.717) is 5.78 Å². The van der Waals surface area contributed by atoms with Gasteiger partial charge in [0.25, 0.3) is 0 Å². The fourth-order valence-electron chi connectivity index (χ4n) is 2.06. The zero-order chi connectivity index (χ0) is 7.90. The van der Waals surface area contributed by atoms with Crippen molar-refractivity contribution in [1.29, 1.82) is 0 Å². The van der Waals surface area contributed by atoms with Crippen molar-refractivity contribution >= 4 is 5.78 Å². The van der Waals surface area contributed by atoms with Gasteiger partial charge in [-0.15, -0.1) is 0 Å². The molecule has 2 rings (SSSR count). The standard InChI is InChI=1S/C9H15NO/c10-9(7-1-2-7)5-3-8(11)4-6-9/h7H,1-6,10H2. The smallest absolute Gasteiger partial charge is 0.133 e. The summed E-state index contributed by atoms with van der Waals surface area (Å²) in [6.45, 7) is 0. The number of Topliss-reactive ketones (excluding diaryl/α,β-unsaturated/α-hetero) is 1. The van der Waals surface area contributed by atoms with Crippen molar-refractivity contribution in [3.63, 3.8) is 0 Å². The minimum atomic E-state index is 0.0495. The second-order valence-corrected chi connectivity index (χ2v) is 4.05. The molecule has 2 aliphatic carbocycles. The Kier molecular flexibility index (Phi) is 1.53. The Bertz CT molecular complexity index is 174. The van der Waals surface area contributed by atoms with Gasteiger partial charge in [-0.3, -0.25) is 4.79 Å². The second kappa shape index (κ2) is 2.31. The molecule has 0 amide bonds. The van der Waals surface area contributed by atoms with E-state index in [1.54, 1.807) is 0 Å². The van der Waals surface area contributed by atoms with E-state index in [-0.39, 0.29) is 5.54 Å². The Morgan fingerprint density at radius 2 is 1.82 bits per heavy atom. The van der Waals surface area contributed by atoms with Crippen LogP contribution in [0.5, 0.6) is 0 Å². The molecule has 0 aliphatic heterocycles. The van der Waals surface area contributed by atoms with Crippen molar-refractivity contribution in [2.75, 3.05) is 0 Å². The molecule has 2 fully saturated rings. The lowest BCUT2D eigenvalue weighted by molar-refractivity contribution is -0.121. The first-order chi connectivity index (χ1) is 5.21. The lowest BCUT2D eigenvalue weighted by Crippen LogP contribution is -2.45. The molecule has 0 bridgehead atoms. The van der Waals surface area contributed by atoms with Crippen molar-refractivity contribution in [3.05, 3.63) is 0 Å². The van der Waals surface area contributed by atoms with Crippen molar-refractivity contribution in [3.8, 4) is 0 Å². The summed E-state index contributed by atoms with van der Waals surface area (Å²) >= 11 is 0. The first kappa shape index (κ1) is 7.29. The maximum Gasteiger partial charge on any atom is 0.133 e. The second-order valence-electron chi connectivity index (χ2n) is 4.05. The molecule has 0 atom stereocenters. The highest BCUT2D eigenvalue weighted by Gasteiger charge is 2.43. The van der Waals surface area contributed by atoms with Crippen LogP contribution in [0.15, 0.2) is 0 Å². The number of hydrogen-bond donors (Lipinski definition) is 1. The Morgan fingerprint density at radius 1 is 1.27 bits per heavy atom. The van der Waals surface area contributed by atoms with Gasteiger partial charge in [0.15, 0.2) is 0 Å². The molecule has 2 saturated carbocycles. The van der Waals surface area contributed by atoms with E-state index >= 15 is 0 Å². The summed E-state index contributed by atoms with van der Waals surface area (Å²) < 4.78 is 0. The molecule has 0 spiro atoms. The molecule has 2 nitrogen and oxygen atoms in total. The number of rotatable bonds is 1. The van der Waals surface area contributed by atoms with Crippen molar-refractivity contribution < 1.29 is 4.79 Å². The van der Waals surface area contributed by atoms with Gasteiger partial charge in [0, 0.05) is 18.4 Å². The normalized spacial score (nSPS) is 30.5. The van der Waals surface area contributed by atoms with Gasteiger partial charge in [-0.05, 0) is 31.6 Å². The predicted octanol–water partition coefficient (Wildman–Crippen LogP) is 1.24. The number of nitrogens with two attached hydrogens (primary N) is 1. The topological polar surface area (TPSA) is 43.1 Å². The van der Waals surface area contributed by atoms with E-state index in [9.17, 15) is 4.79 Å². The lowest BCUT2D eigenvalue weighted by Gasteiger charge is -2.32. The highest BCUT2D eigenvalue weighted by atomic mass is 16.1. The molecule has 0 aromatic heterocycles. The molecule has 0 radical (unpaired) electrons. The summed E-state index contributed by atoms with van der Waals surface area (Å²) in [7, 11) is 0. The predicted molar refractivity (Wildman–Crippen MR) is 43.1 cm³/mol. The van der Waals surface area contributed by atoms with E-state index in [4.69, 9.17) is 5.73 Å². The van der Waals surface area contributed by atoms with Crippen LogP contribution >= 0.6 is 0 Å². The average molecular weight is 153 g/mol. The molecular formula is C9H15NO. The average Bonchev–Trinajstić information content (AvgIpc) is 2.77. The van der Waals surface area contributed by atoms with E-state index in [1.807, 2.05) is 0 Å². The molecule has 11 heavy (non-hydrogen) atoms. The minimum absolute atomic E-state index is 0.0495. The van der Waals surface area contributed by atoms with Crippen LogP contribution in [0, 0.1) is 5.92 Å². The minimum Gasteiger partial charge on any atom is -0.325 e. The zero-order valence-electron chi connectivity index (χ0n) is 6.81. The summed E-state index contributed by atoms with van der Waals surface area (Å²) in [5.74, 6) is 1.15. The SMILES string of the molecule is NC1(C2CC2)CCC(=O)CC1. The number of carbonyl (C=O) groups excluding carboxylic acids is 1. The summed E-state index contributed by atoms with van der Waals surface area (Å²) in [5, 5.41) is 0. The van der Waals surface area contributed by atoms with Crippen LogP contribution in [-0.2, 0) is 4.79 Å². The van der Waals surface area contributed by atoms with Crippen LogP contribution in [0.3, 0.4) is 0 Å². The Labute approximate surface area is 67.1 Å². The van der Waals surface area contributed by atoms with Crippen LogP contribution in [0.2, 0.25) is 0 Å². The first-order valence-electron chi connectivity index (χ1n) is 4.51. The maximum atomic E-state index is 10.9. The van der Waals surface area contributed by atoms with Gasteiger partial charge in [-0.25, -0.2) is 0 Å². The number of hydrogen-bond acceptors (Lipinski definition) is 2. The van der Waals surface area contributed by atoms with Crippen LogP contribution in [0.4, 0.5) is 0 Å². The number of ketones is 1. The van der Waals surface area contributed by atoms with Crippen LogP contribution < -0.4 is 5.73 Å². The Balaban J connectivity index is 1.98. The molecule has 2 N–H and O–H groups in total. The molecule has 0 unspecified atom stereocenters. The fourth-order valence-corrected chi connectivity index (χ4v) is 2.06. The molecule has 0 saturated heterocycles. The molecule has 0 aromatic carbocycles. The largest absolute Gasteiger partial charge is 0.325 e. The Morgan fingerprint density at radius 3 is 2.27 bits per heavy atom.